The van der Waals surface area contributed by atoms with E-state index in [2.05, 4.69) is 4.98 Å². The lowest BCUT2D eigenvalue weighted by atomic mass is 10.1. The number of aromatic nitrogens is 1. The predicted octanol–water partition coefficient (Wildman–Crippen LogP) is 1.41. The van der Waals surface area contributed by atoms with Crippen LogP contribution >= 0.6 is 0 Å². The van der Waals surface area contributed by atoms with Gasteiger partial charge < -0.3 is 9.84 Å². The van der Waals surface area contributed by atoms with E-state index in [0.29, 0.717) is 12.8 Å². The Balaban J connectivity index is 2.37. The van der Waals surface area contributed by atoms with E-state index >= 15 is 0 Å². The molecule has 0 aliphatic heterocycles. The molecule has 0 aliphatic rings. The molecule has 0 saturated carbocycles. The van der Waals surface area contributed by atoms with Gasteiger partial charge in [0.2, 0.25) is 0 Å². The molecule has 0 radical (unpaired) electrons. The molecule has 14 heavy (non-hydrogen) atoms. The summed E-state index contributed by atoms with van der Waals surface area (Å²) in [6.45, 7) is 1.95. The molecule has 2 unspecified atom stereocenters. The number of ether oxygens (including phenoxy) is 1. The molecular formula is C11H17NO2. The molecule has 78 valence electrons. The second-order valence-corrected chi connectivity index (χ2v) is 3.46. The maximum absolute atomic E-state index is 9.68. The topological polar surface area (TPSA) is 42.4 Å². The van der Waals surface area contributed by atoms with Crippen LogP contribution in [0.1, 0.15) is 19.0 Å². The fourth-order valence-electron chi connectivity index (χ4n) is 1.32. The van der Waals surface area contributed by atoms with E-state index in [1.54, 1.807) is 13.3 Å². The highest BCUT2D eigenvalue weighted by atomic mass is 16.5. The van der Waals surface area contributed by atoms with Crippen LogP contribution in [0.15, 0.2) is 24.4 Å². The van der Waals surface area contributed by atoms with Crippen LogP contribution < -0.4 is 0 Å². The van der Waals surface area contributed by atoms with Crippen molar-refractivity contribution in [2.75, 3.05) is 7.11 Å². The van der Waals surface area contributed by atoms with Crippen LogP contribution in [0.5, 0.6) is 0 Å². The molecule has 0 fully saturated rings. The zero-order valence-corrected chi connectivity index (χ0v) is 8.68. The predicted molar refractivity (Wildman–Crippen MR) is 55.0 cm³/mol. The quantitative estimate of drug-likeness (QED) is 0.772. The number of aliphatic hydroxyl groups excluding tert-OH is 1. The molecule has 1 aromatic heterocycles. The Morgan fingerprint density at radius 3 is 2.86 bits per heavy atom. The summed E-state index contributed by atoms with van der Waals surface area (Å²) in [5.74, 6) is 0. The van der Waals surface area contributed by atoms with Gasteiger partial charge in [-0.3, -0.25) is 4.98 Å². The average Bonchev–Trinajstić information content (AvgIpc) is 2.19. The normalized spacial score (nSPS) is 15.1. The highest BCUT2D eigenvalue weighted by molar-refractivity contribution is 5.04. The Labute approximate surface area is 84.7 Å². The highest BCUT2D eigenvalue weighted by Gasteiger charge is 2.10. The third kappa shape index (κ3) is 3.85. The van der Waals surface area contributed by atoms with Crippen molar-refractivity contribution >= 4 is 0 Å². The number of aliphatic hydroxyl groups is 1. The van der Waals surface area contributed by atoms with Crippen molar-refractivity contribution in [1.82, 2.24) is 4.98 Å². The van der Waals surface area contributed by atoms with Gasteiger partial charge in [-0.25, -0.2) is 0 Å². The van der Waals surface area contributed by atoms with Gasteiger partial charge in [0.1, 0.15) is 0 Å². The van der Waals surface area contributed by atoms with E-state index in [1.165, 1.54) is 0 Å². The van der Waals surface area contributed by atoms with Gasteiger partial charge in [0.15, 0.2) is 0 Å². The summed E-state index contributed by atoms with van der Waals surface area (Å²) in [6, 6.07) is 5.71. The van der Waals surface area contributed by atoms with E-state index in [4.69, 9.17) is 4.74 Å². The van der Waals surface area contributed by atoms with Gasteiger partial charge in [-0.15, -0.1) is 0 Å². The monoisotopic (exact) mass is 195 g/mol. The molecule has 2 atom stereocenters. The average molecular weight is 195 g/mol. The molecule has 0 aliphatic carbocycles. The van der Waals surface area contributed by atoms with Gasteiger partial charge in [0.25, 0.3) is 0 Å². The summed E-state index contributed by atoms with van der Waals surface area (Å²) in [6.07, 6.45) is 2.69. The van der Waals surface area contributed by atoms with Crippen LogP contribution in [0, 0.1) is 0 Å². The first kappa shape index (κ1) is 11.1. The van der Waals surface area contributed by atoms with Crippen molar-refractivity contribution in [3.8, 4) is 0 Å². The van der Waals surface area contributed by atoms with E-state index in [1.807, 2.05) is 25.1 Å². The fraction of sp³-hybridized carbons (Fsp3) is 0.545. The third-order valence-electron chi connectivity index (χ3n) is 2.18. The maximum atomic E-state index is 9.68. The van der Waals surface area contributed by atoms with Gasteiger partial charge in [-0.05, 0) is 25.5 Å². The smallest absolute Gasteiger partial charge is 0.0620 e. The first-order chi connectivity index (χ1) is 6.72. The zero-order valence-electron chi connectivity index (χ0n) is 8.68. The Morgan fingerprint density at radius 1 is 1.50 bits per heavy atom. The van der Waals surface area contributed by atoms with Crippen molar-refractivity contribution in [3.05, 3.63) is 30.1 Å². The molecule has 3 nitrogen and oxygen atoms in total. The van der Waals surface area contributed by atoms with Crippen molar-refractivity contribution in [3.63, 3.8) is 0 Å². The lowest BCUT2D eigenvalue weighted by Gasteiger charge is -2.14. The minimum Gasteiger partial charge on any atom is -0.393 e. The third-order valence-corrected chi connectivity index (χ3v) is 2.18. The number of methoxy groups -OCH3 is 1. The highest BCUT2D eigenvalue weighted by Crippen LogP contribution is 2.06. The summed E-state index contributed by atoms with van der Waals surface area (Å²) in [4.78, 5) is 4.15. The molecule has 0 bridgehead atoms. The Morgan fingerprint density at radius 2 is 2.29 bits per heavy atom. The van der Waals surface area contributed by atoms with Crippen LogP contribution in [-0.4, -0.2) is 29.4 Å². The lowest BCUT2D eigenvalue weighted by Crippen LogP contribution is -2.19. The van der Waals surface area contributed by atoms with Crippen LogP contribution in [0.25, 0.3) is 0 Å². The van der Waals surface area contributed by atoms with Crippen molar-refractivity contribution in [1.29, 1.82) is 0 Å². The number of rotatable bonds is 5. The van der Waals surface area contributed by atoms with Gasteiger partial charge >= 0.3 is 0 Å². The molecule has 1 heterocycles. The summed E-state index contributed by atoms with van der Waals surface area (Å²) in [5.41, 5.74) is 0.920. The molecule has 1 aromatic rings. The Bertz CT molecular complexity index is 251. The number of pyridine rings is 1. The first-order valence-electron chi connectivity index (χ1n) is 4.83. The number of nitrogens with zero attached hydrogens (tertiary/aromatic N) is 1. The van der Waals surface area contributed by atoms with Crippen LogP contribution in [0.4, 0.5) is 0 Å². The van der Waals surface area contributed by atoms with Crippen molar-refractivity contribution in [2.24, 2.45) is 0 Å². The number of hydrogen-bond donors (Lipinski definition) is 1. The van der Waals surface area contributed by atoms with E-state index in [-0.39, 0.29) is 12.2 Å². The SMILES string of the molecule is COC(C)CC(O)Cc1ccccn1. The van der Waals surface area contributed by atoms with Gasteiger partial charge in [-0.1, -0.05) is 6.07 Å². The largest absolute Gasteiger partial charge is 0.393 e. The second kappa shape index (κ2) is 5.73. The maximum Gasteiger partial charge on any atom is 0.0620 e. The molecule has 0 amide bonds. The molecule has 1 rings (SSSR count). The van der Waals surface area contributed by atoms with Crippen LogP contribution in [0.3, 0.4) is 0 Å². The zero-order chi connectivity index (χ0) is 10.4. The standard InChI is InChI=1S/C11H17NO2/c1-9(14-2)7-11(13)8-10-5-3-4-6-12-10/h3-6,9,11,13H,7-8H2,1-2H3. The number of hydrogen-bond acceptors (Lipinski definition) is 3. The molecule has 0 spiro atoms. The van der Waals surface area contributed by atoms with Crippen LogP contribution in [0.2, 0.25) is 0 Å². The van der Waals surface area contributed by atoms with Gasteiger partial charge in [0, 0.05) is 25.4 Å². The van der Waals surface area contributed by atoms with Crippen molar-refractivity contribution in [2.45, 2.75) is 32.0 Å². The lowest BCUT2D eigenvalue weighted by molar-refractivity contribution is 0.0562. The fourth-order valence-corrected chi connectivity index (χ4v) is 1.32. The minimum absolute atomic E-state index is 0.0914. The van der Waals surface area contributed by atoms with Crippen LogP contribution in [-0.2, 0) is 11.2 Å². The minimum atomic E-state index is -0.375. The van der Waals surface area contributed by atoms with E-state index in [0.717, 1.165) is 5.69 Å². The molecule has 3 heteroatoms. The summed E-state index contributed by atoms with van der Waals surface area (Å²) in [5, 5.41) is 9.68. The molecular weight excluding hydrogens is 178 g/mol. The van der Waals surface area contributed by atoms with Crippen molar-refractivity contribution < 1.29 is 9.84 Å². The summed E-state index contributed by atoms with van der Waals surface area (Å²) < 4.78 is 5.08. The van der Waals surface area contributed by atoms with Gasteiger partial charge in [-0.2, -0.15) is 0 Å². The van der Waals surface area contributed by atoms with E-state index < -0.39 is 0 Å². The molecule has 0 saturated heterocycles. The summed E-state index contributed by atoms with van der Waals surface area (Å²) >= 11 is 0. The molecule has 1 N–H and O–H groups in total. The second-order valence-electron chi connectivity index (χ2n) is 3.46. The molecule has 0 aromatic carbocycles. The Kier molecular flexibility index (Phi) is 4.56. The van der Waals surface area contributed by atoms with Gasteiger partial charge in [0.05, 0.1) is 12.2 Å². The first-order valence-corrected chi connectivity index (χ1v) is 4.83. The van der Waals surface area contributed by atoms with E-state index in [9.17, 15) is 5.11 Å². The summed E-state index contributed by atoms with van der Waals surface area (Å²) in [7, 11) is 1.65. The Hall–Kier alpha value is -0.930.